The van der Waals surface area contributed by atoms with Crippen LogP contribution in [0.25, 0.3) is 0 Å². The summed E-state index contributed by atoms with van der Waals surface area (Å²) in [7, 11) is 0. The Morgan fingerprint density at radius 3 is 2.91 bits per heavy atom. The number of hydrogen-bond acceptors (Lipinski definition) is 3. The molecular weight excluding hydrogens is 308 g/mol. The van der Waals surface area contributed by atoms with E-state index in [1.807, 2.05) is 6.07 Å². The summed E-state index contributed by atoms with van der Waals surface area (Å²) in [6.45, 7) is 2.25. The van der Waals surface area contributed by atoms with E-state index in [4.69, 9.17) is 0 Å². The molecule has 5 heteroatoms. The van der Waals surface area contributed by atoms with Crippen LogP contribution >= 0.6 is 11.3 Å². The first kappa shape index (κ1) is 16.2. The maximum Gasteiger partial charge on any atom is 0.279 e. The molecule has 1 atom stereocenters. The molecule has 2 amide bonds. The van der Waals surface area contributed by atoms with Crippen molar-refractivity contribution in [3.8, 4) is 0 Å². The lowest BCUT2D eigenvalue weighted by Crippen LogP contribution is -2.41. The van der Waals surface area contributed by atoms with Gasteiger partial charge in [-0.2, -0.15) is 0 Å². The average Bonchev–Trinajstić information content (AvgIpc) is 2.96. The number of carbonyl (C=O) groups is 2. The van der Waals surface area contributed by atoms with Gasteiger partial charge in [-0.3, -0.25) is 20.4 Å². The molecular formula is C18H24N2O2S. The van der Waals surface area contributed by atoms with Gasteiger partial charge in [0.15, 0.2) is 0 Å². The third-order valence-electron chi connectivity index (χ3n) is 4.64. The third kappa shape index (κ3) is 4.22. The lowest BCUT2D eigenvalue weighted by atomic mass is 9.90. The number of thiophene rings is 1. The number of aryl methyl sites for hydroxylation is 1. The van der Waals surface area contributed by atoms with Crippen LogP contribution in [-0.4, -0.2) is 11.8 Å². The first-order chi connectivity index (χ1) is 11.1. The van der Waals surface area contributed by atoms with Crippen molar-refractivity contribution in [1.82, 2.24) is 10.9 Å². The molecule has 124 valence electrons. The molecule has 0 aliphatic heterocycles. The Bertz CT molecular complexity index is 633. The van der Waals surface area contributed by atoms with Crippen molar-refractivity contribution in [2.75, 3.05) is 0 Å². The standard InChI is InChI=1S/C18H24N2O2S/c1-12-7-8-15-14(9-12)11-16(23-15)18(22)20-19-17(21)10-13-5-3-2-4-6-13/h5,11-12H,2-4,6-10H2,1H3,(H,19,21)(H,20,22). The SMILES string of the molecule is CC1CCc2sc(C(=O)NNC(=O)CC3=CCCCC3)cc2C1. The molecule has 1 heterocycles. The molecule has 1 aromatic heterocycles. The van der Waals surface area contributed by atoms with E-state index >= 15 is 0 Å². The fourth-order valence-corrected chi connectivity index (χ4v) is 4.43. The topological polar surface area (TPSA) is 58.2 Å². The summed E-state index contributed by atoms with van der Waals surface area (Å²) in [6, 6.07) is 1.99. The van der Waals surface area contributed by atoms with Gasteiger partial charge in [-0.25, -0.2) is 0 Å². The van der Waals surface area contributed by atoms with Crippen LogP contribution in [0.15, 0.2) is 17.7 Å². The Hall–Kier alpha value is -1.62. The van der Waals surface area contributed by atoms with Crippen LogP contribution in [-0.2, 0) is 17.6 Å². The molecule has 0 saturated heterocycles. The van der Waals surface area contributed by atoms with Gasteiger partial charge in [0.25, 0.3) is 5.91 Å². The van der Waals surface area contributed by atoms with Crippen LogP contribution in [0.4, 0.5) is 0 Å². The Kier molecular flexibility index (Phi) is 5.16. The van der Waals surface area contributed by atoms with Crippen molar-refractivity contribution in [3.63, 3.8) is 0 Å². The van der Waals surface area contributed by atoms with Gasteiger partial charge in [-0.1, -0.05) is 18.6 Å². The third-order valence-corrected chi connectivity index (χ3v) is 5.88. The van der Waals surface area contributed by atoms with Crippen LogP contribution in [0.1, 0.15) is 65.6 Å². The second-order valence-corrected chi connectivity index (χ2v) is 7.83. The lowest BCUT2D eigenvalue weighted by molar-refractivity contribution is -0.121. The van der Waals surface area contributed by atoms with E-state index < -0.39 is 0 Å². The van der Waals surface area contributed by atoms with Crippen LogP contribution in [0.3, 0.4) is 0 Å². The Balaban J connectivity index is 1.51. The van der Waals surface area contributed by atoms with Crippen molar-refractivity contribution in [3.05, 3.63) is 33.0 Å². The van der Waals surface area contributed by atoms with Gasteiger partial charge in [0.05, 0.1) is 4.88 Å². The Labute approximate surface area is 141 Å². The zero-order chi connectivity index (χ0) is 16.2. The van der Waals surface area contributed by atoms with Gasteiger partial charge in [-0.05, 0) is 62.5 Å². The molecule has 0 bridgehead atoms. The molecule has 23 heavy (non-hydrogen) atoms. The predicted octanol–water partition coefficient (Wildman–Crippen LogP) is 3.52. The van der Waals surface area contributed by atoms with Crippen LogP contribution < -0.4 is 10.9 Å². The first-order valence-electron chi connectivity index (χ1n) is 8.50. The molecule has 0 fully saturated rings. The number of carbonyl (C=O) groups excluding carboxylic acids is 2. The van der Waals surface area contributed by atoms with Crippen molar-refractivity contribution >= 4 is 23.2 Å². The lowest BCUT2D eigenvalue weighted by Gasteiger charge is -2.16. The number of hydrazine groups is 1. The molecule has 2 N–H and O–H groups in total. The molecule has 0 saturated carbocycles. The quantitative estimate of drug-likeness (QED) is 0.657. The van der Waals surface area contributed by atoms with Gasteiger partial charge in [0.1, 0.15) is 0 Å². The fourth-order valence-electron chi connectivity index (χ4n) is 3.32. The summed E-state index contributed by atoms with van der Waals surface area (Å²) >= 11 is 1.56. The molecule has 4 nitrogen and oxygen atoms in total. The second-order valence-electron chi connectivity index (χ2n) is 6.69. The zero-order valence-corrected chi connectivity index (χ0v) is 14.4. The van der Waals surface area contributed by atoms with Gasteiger partial charge < -0.3 is 0 Å². The number of amides is 2. The van der Waals surface area contributed by atoms with E-state index in [1.165, 1.54) is 28.9 Å². The van der Waals surface area contributed by atoms with Crippen molar-refractivity contribution in [2.45, 2.75) is 58.3 Å². The number of nitrogens with one attached hydrogen (secondary N) is 2. The minimum atomic E-state index is -0.206. The van der Waals surface area contributed by atoms with E-state index in [1.54, 1.807) is 11.3 Å². The smallest absolute Gasteiger partial charge is 0.273 e. The van der Waals surface area contributed by atoms with Crippen molar-refractivity contribution < 1.29 is 9.59 Å². The van der Waals surface area contributed by atoms with Crippen LogP contribution in [0.2, 0.25) is 0 Å². The summed E-state index contributed by atoms with van der Waals surface area (Å²) in [4.78, 5) is 26.2. The monoisotopic (exact) mass is 332 g/mol. The highest BCUT2D eigenvalue weighted by Gasteiger charge is 2.21. The predicted molar refractivity (Wildman–Crippen MR) is 92.3 cm³/mol. The molecule has 0 radical (unpaired) electrons. The number of fused-ring (bicyclic) bond motifs is 1. The summed E-state index contributed by atoms with van der Waals surface area (Å²) in [5.74, 6) is 0.348. The Morgan fingerprint density at radius 1 is 1.26 bits per heavy atom. The highest BCUT2D eigenvalue weighted by molar-refractivity contribution is 7.14. The number of rotatable bonds is 3. The van der Waals surface area contributed by atoms with Crippen molar-refractivity contribution in [1.29, 1.82) is 0 Å². The van der Waals surface area contributed by atoms with E-state index in [0.717, 1.165) is 32.1 Å². The van der Waals surface area contributed by atoms with Crippen LogP contribution in [0, 0.1) is 5.92 Å². The van der Waals surface area contributed by atoms with E-state index in [0.29, 0.717) is 17.2 Å². The first-order valence-corrected chi connectivity index (χ1v) is 9.32. The second kappa shape index (κ2) is 7.30. The van der Waals surface area contributed by atoms with E-state index in [2.05, 4.69) is 23.9 Å². The minimum Gasteiger partial charge on any atom is -0.273 e. The molecule has 0 spiro atoms. The van der Waals surface area contributed by atoms with Gasteiger partial charge in [0, 0.05) is 11.3 Å². The zero-order valence-electron chi connectivity index (χ0n) is 13.6. The molecule has 1 aromatic rings. The summed E-state index contributed by atoms with van der Waals surface area (Å²) in [5.41, 5.74) is 7.59. The molecule has 3 rings (SSSR count). The summed E-state index contributed by atoms with van der Waals surface area (Å²) in [5, 5.41) is 0. The highest BCUT2D eigenvalue weighted by Crippen LogP contribution is 2.32. The normalized spacial score (nSPS) is 20.4. The Morgan fingerprint density at radius 2 is 2.13 bits per heavy atom. The maximum atomic E-state index is 12.2. The molecule has 2 aliphatic rings. The molecule has 0 aromatic carbocycles. The van der Waals surface area contributed by atoms with Crippen LogP contribution in [0.5, 0.6) is 0 Å². The van der Waals surface area contributed by atoms with Gasteiger partial charge >= 0.3 is 0 Å². The van der Waals surface area contributed by atoms with Gasteiger partial charge in [0.2, 0.25) is 5.91 Å². The molecule has 1 unspecified atom stereocenters. The average molecular weight is 332 g/mol. The molecule has 2 aliphatic carbocycles. The van der Waals surface area contributed by atoms with Gasteiger partial charge in [-0.15, -0.1) is 11.3 Å². The number of allylic oxidation sites excluding steroid dienone is 1. The highest BCUT2D eigenvalue weighted by atomic mass is 32.1. The van der Waals surface area contributed by atoms with E-state index in [-0.39, 0.29) is 11.8 Å². The number of hydrogen-bond donors (Lipinski definition) is 2. The summed E-state index contributed by atoms with van der Waals surface area (Å²) < 4.78 is 0. The van der Waals surface area contributed by atoms with E-state index in [9.17, 15) is 9.59 Å². The fraction of sp³-hybridized carbons (Fsp3) is 0.556. The maximum absolute atomic E-state index is 12.2. The largest absolute Gasteiger partial charge is 0.279 e. The summed E-state index contributed by atoms with van der Waals surface area (Å²) in [6.07, 6.45) is 10.3. The van der Waals surface area contributed by atoms with Crippen molar-refractivity contribution in [2.24, 2.45) is 5.92 Å². The minimum absolute atomic E-state index is 0.138.